The molecule has 0 radical (unpaired) electrons. The molecule has 0 saturated heterocycles. The van der Waals surface area contributed by atoms with Gasteiger partial charge in [-0.3, -0.25) is 19.2 Å². The molecule has 0 heterocycles. The van der Waals surface area contributed by atoms with E-state index in [1.165, 1.54) is 12.2 Å². The van der Waals surface area contributed by atoms with E-state index in [1.54, 1.807) is 6.92 Å². The fourth-order valence-corrected chi connectivity index (χ4v) is 7.51. The van der Waals surface area contributed by atoms with Crippen molar-refractivity contribution >= 4 is 23.5 Å². The lowest BCUT2D eigenvalue weighted by Gasteiger charge is -2.60. The molecule has 0 unspecified atom stereocenters. The summed E-state index contributed by atoms with van der Waals surface area (Å²) in [5.41, 5.74) is -2.85. The first-order valence-electron chi connectivity index (χ1n) is 11.8. The number of Topliss-reactive ketones (excluding diaryl/α,β-unsaturated/α-hetero) is 1. The second-order valence-corrected chi connectivity index (χ2v) is 10.7. The van der Waals surface area contributed by atoms with Crippen LogP contribution in [0.5, 0.6) is 0 Å². The van der Waals surface area contributed by atoms with E-state index in [0.29, 0.717) is 19.3 Å². The third kappa shape index (κ3) is 3.48. The monoisotopic (exact) mass is 476 g/mol. The van der Waals surface area contributed by atoms with Gasteiger partial charge in [0, 0.05) is 17.4 Å². The number of carbonyl (C=O) groups is 4. The molecule has 4 aliphatic rings. The average Bonchev–Trinajstić information content (AvgIpc) is 3.03. The number of aliphatic carboxylic acids is 1. The van der Waals surface area contributed by atoms with Crippen molar-refractivity contribution in [2.75, 3.05) is 6.61 Å². The summed E-state index contributed by atoms with van der Waals surface area (Å²) in [6.07, 6.45) is 3.10. The second kappa shape index (κ2) is 8.39. The zero-order chi connectivity index (χ0) is 25.1. The second-order valence-electron chi connectivity index (χ2n) is 10.7. The van der Waals surface area contributed by atoms with Gasteiger partial charge in [-0.25, -0.2) is 0 Å². The Labute approximate surface area is 197 Å². The maximum Gasteiger partial charge on any atom is 0.311 e. The first-order chi connectivity index (χ1) is 15.9. The van der Waals surface area contributed by atoms with Gasteiger partial charge in [0.15, 0.2) is 11.6 Å². The first-order valence-corrected chi connectivity index (χ1v) is 11.8. The molecule has 4 aliphatic carbocycles. The van der Waals surface area contributed by atoms with Crippen molar-refractivity contribution in [3.05, 3.63) is 23.5 Å². The molecule has 0 aromatic heterocycles. The maximum absolute atomic E-state index is 12.5. The standard InChI is InChI=1S/C25H32O9/c1-23-11-17(28)22-15(16(23)7-8-25(23,33)18(29)12-26)4-3-13-9-14(27)10-19(24(13,22)2)34-21(32)6-5-20(30)31/h9-10,15-17,22,26,28,33H,3-8,11-12H2,1-2H3,(H,30,31)/t15-,16-,17-,22+,23-,24+,25-/m0/s1. The Hall–Kier alpha value is -2.36. The summed E-state index contributed by atoms with van der Waals surface area (Å²) < 4.78 is 5.56. The molecule has 0 aromatic rings. The highest BCUT2D eigenvalue weighted by Gasteiger charge is 2.69. The van der Waals surface area contributed by atoms with Crippen molar-refractivity contribution < 1.29 is 44.3 Å². The van der Waals surface area contributed by atoms with Gasteiger partial charge in [-0.15, -0.1) is 0 Å². The fraction of sp³-hybridized carbons (Fsp3) is 0.680. The van der Waals surface area contributed by atoms with Crippen molar-refractivity contribution in [1.82, 2.24) is 0 Å². The first kappa shape index (κ1) is 24.8. The number of fused-ring (bicyclic) bond motifs is 5. The quantitative estimate of drug-likeness (QED) is 0.414. The van der Waals surface area contributed by atoms with Gasteiger partial charge in [-0.2, -0.15) is 0 Å². The van der Waals surface area contributed by atoms with Crippen molar-refractivity contribution in [2.24, 2.45) is 28.6 Å². The van der Waals surface area contributed by atoms with Gasteiger partial charge in [-0.1, -0.05) is 12.5 Å². The number of hydrogen-bond donors (Lipinski definition) is 4. The van der Waals surface area contributed by atoms with E-state index in [-0.39, 0.29) is 42.6 Å². The Morgan fingerprint density at radius 3 is 2.50 bits per heavy atom. The number of allylic oxidation sites excluding steroid dienone is 3. The van der Waals surface area contributed by atoms with Crippen molar-refractivity contribution in [1.29, 1.82) is 0 Å². The lowest BCUT2D eigenvalue weighted by Crippen LogP contribution is -2.62. The molecule has 4 rings (SSSR count). The van der Waals surface area contributed by atoms with E-state index in [0.717, 1.165) is 5.57 Å². The zero-order valence-electron chi connectivity index (χ0n) is 19.5. The number of aliphatic hydroxyl groups is 3. The molecular formula is C25H32O9. The van der Waals surface area contributed by atoms with E-state index in [9.17, 15) is 34.5 Å². The van der Waals surface area contributed by atoms with Crippen LogP contribution in [0.15, 0.2) is 23.5 Å². The average molecular weight is 477 g/mol. The van der Waals surface area contributed by atoms with Crippen LogP contribution < -0.4 is 0 Å². The molecule has 0 spiro atoms. The lowest BCUT2D eigenvalue weighted by atomic mass is 9.45. The van der Waals surface area contributed by atoms with Gasteiger partial charge in [0.1, 0.15) is 18.0 Å². The zero-order valence-corrected chi connectivity index (χ0v) is 19.5. The third-order valence-electron chi connectivity index (χ3n) is 9.16. The molecule has 0 amide bonds. The Bertz CT molecular complexity index is 996. The Morgan fingerprint density at radius 2 is 1.85 bits per heavy atom. The molecule has 4 N–H and O–H groups in total. The smallest absolute Gasteiger partial charge is 0.311 e. The van der Waals surface area contributed by atoms with Gasteiger partial charge < -0.3 is 25.2 Å². The molecule has 186 valence electrons. The summed E-state index contributed by atoms with van der Waals surface area (Å²) in [6.45, 7) is 2.87. The van der Waals surface area contributed by atoms with Crippen LogP contribution in [-0.2, 0) is 23.9 Å². The number of ketones is 2. The topological polar surface area (TPSA) is 158 Å². The van der Waals surface area contributed by atoms with Crippen LogP contribution in [0.1, 0.15) is 58.8 Å². The van der Waals surface area contributed by atoms with E-state index < -0.39 is 59.2 Å². The lowest BCUT2D eigenvalue weighted by molar-refractivity contribution is -0.182. The molecule has 9 heteroatoms. The number of rotatable bonds is 6. The Balaban J connectivity index is 1.70. The molecular weight excluding hydrogens is 444 g/mol. The van der Waals surface area contributed by atoms with Crippen LogP contribution in [0, 0.1) is 28.6 Å². The fourth-order valence-electron chi connectivity index (χ4n) is 7.51. The van der Waals surface area contributed by atoms with Gasteiger partial charge in [0.05, 0.1) is 24.4 Å². The van der Waals surface area contributed by atoms with Gasteiger partial charge in [0.25, 0.3) is 0 Å². The summed E-state index contributed by atoms with van der Waals surface area (Å²) in [4.78, 5) is 48.2. The van der Waals surface area contributed by atoms with Crippen LogP contribution in [0.25, 0.3) is 0 Å². The summed E-state index contributed by atoms with van der Waals surface area (Å²) in [5.74, 6) is -3.40. The highest BCUT2D eigenvalue weighted by Crippen LogP contribution is 2.68. The number of carboxylic acids is 1. The van der Waals surface area contributed by atoms with Crippen molar-refractivity contribution in [2.45, 2.75) is 70.5 Å². The van der Waals surface area contributed by atoms with Gasteiger partial charge in [-0.05, 0) is 56.9 Å². The Kier molecular flexibility index (Phi) is 6.11. The minimum absolute atomic E-state index is 0.110. The van der Waals surface area contributed by atoms with Crippen molar-refractivity contribution in [3.63, 3.8) is 0 Å². The van der Waals surface area contributed by atoms with E-state index in [1.807, 2.05) is 6.92 Å². The van der Waals surface area contributed by atoms with Crippen LogP contribution in [0.2, 0.25) is 0 Å². The van der Waals surface area contributed by atoms with Crippen LogP contribution >= 0.6 is 0 Å². The normalized spacial score (nSPS) is 40.9. The highest BCUT2D eigenvalue weighted by molar-refractivity contribution is 6.02. The number of carbonyl (C=O) groups excluding carboxylic acids is 3. The molecule has 34 heavy (non-hydrogen) atoms. The molecule has 0 aromatic carbocycles. The maximum atomic E-state index is 12.5. The number of aliphatic hydroxyl groups excluding tert-OH is 2. The number of ether oxygens (including phenoxy) is 1. The van der Waals surface area contributed by atoms with Crippen molar-refractivity contribution in [3.8, 4) is 0 Å². The minimum Gasteiger partial charge on any atom is -0.481 e. The van der Waals surface area contributed by atoms with Gasteiger partial charge >= 0.3 is 11.9 Å². The minimum atomic E-state index is -1.72. The van der Waals surface area contributed by atoms with Crippen LogP contribution in [-0.4, -0.2) is 62.2 Å². The molecule has 7 atom stereocenters. The van der Waals surface area contributed by atoms with Crippen LogP contribution in [0.4, 0.5) is 0 Å². The summed E-state index contributed by atoms with van der Waals surface area (Å²) >= 11 is 0. The molecule has 3 saturated carbocycles. The summed E-state index contributed by atoms with van der Waals surface area (Å²) in [5, 5.41) is 41.1. The number of esters is 1. The molecule has 0 aliphatic heterocycles. The van der Waals surface area contributed by atoms with E-state index in [4.69, 9.17) is 9.84 Å². The van der Waals surface area contributed by atoms with E-state index >= 15 is 0 Å². The van der Waals surface area contributed by atoms with Gasteiger partial charge in [0.2, 0.25) is 0 Å². The largest absolute Gasteiger partial charge is 0.481 e. The van der Waals surface area contributed by atoms with E-state index in [2.05, 4.69) is 0 Å². The summed E-state index contributed by atoms with van der Waals surface area (Å²) in [6, 6.07) is 0. The predicted octanol–water partition coefficient (Wildman–Crippen LogP) is 1.29. The molecule has 0 bridgehead atoms. The Morgan fingerprint density at radius 1 is 1.15 bits per heavy atom. The highest BCUT2D eigenvalue weighted by atomic mass is 16.5. The molecule has 3 fully saturated rings. The molecule has 9 nitrogen and oxygen atoms in total. The third-order valence-corrected chi connectivity index (χ3v) is 9.16. The number of carboxylic acid groups (broad SMARTS) is 1. The number of hydrogen-bond acceptors (Lipinski definition) is 8. The predicted molar refractivity (Wildman–Crippen MR) is 117 cm³/mol. The SMILES string of the molecule is C[C@@]12C(=CC(=O)C=C1OC(=O)CCC(=O)O)CC[C@@H]1[C@@H]2[C@@H](O)C[C@@]2(C)[C@H]1CC[C@]2(O)C(=O)CO. The summed E-state index contributed by atoms with van der Waals surface area (Å²) in [7, 11) is 0. The van der Waals surface area contributed by atoms with Crippen LogP contribution in [0.3, 0.4) is 0 Å².